The van der Waals surface area contributed by atoms with Crippen LogP contribution in [0.4, 0.5) is 18.0 Å². The van der Waals surface area contributed by atoms with E-state index in [0.717, 1.165) is 12.1 Å². The molecule has 0 heterocycles. The average Bonchev–Trinajstić information content (AvgIpc) is 2.22. The van der Waals surface area contributed by atoms with Crippen LogP contribution < -0.4 is 4.74 Å². The number of ether oxygens (including phenoxy) is 2. The second-order valence-electron chi connectivity index (χ2n) is 5.72. The zero-order valence-electron chi connectivity index (χ0n) is 12.7. The molecule has 0 bridgehead atoms. The minimum atomic E-state index is -4.86. The van der Waals surface area contributed by atoms with Gasteiger partial charge in [0.1, 0.15) is 17.1 Å². The van der Waals surface area contributed by atoms with Crippen molar-refractivity contribution in [3.05, 3.63) is 23.8 Å². The fourth-order valence-electron chi connectivity index (χ4n) is 1.61. The van der Waals surface area contributed by atoms with Crippen LogP contribution in [0.1, 0.15) is 26.3 Å². The van der Waals surface area contributed by atoms with E-state index in [4.69, 9.17) is 4.74 Å². The fraction of sp³-hybridized carbons (Fsp3) is 0.500. The van der Waals surface area contributed by atoms with Crippen molar-refractivity contribution in [2.24, 2.45) is 0 Å². The van der Waals surface area contributed by atoms with Crippen LogP contribution >= 0.6 is 0 Å². The highest BCUT2D eigenvalue weighted by Gasteiger charge is 2.31. The van der Waals surface area contributed by atoms with E-state index in [1.807, 2.05) is 0 Å². The summed E-state index contributed by atoms with van der Waals surface area (Å²) >= 11 is 0. The molecule has 22 heavy (non-hydrogen) atoms. The lowest BCUT2D eigenvalue weighted by Crippen LogP contribution is -2.33. The van der Waals surface area contributed by atoms with Gasteiger partial charge in [-0.15, -0.1) is 13.2 Å². The normalized spacial score (nSPS) is 12.0. The van der Waals surface area contributed by atoms with E-state index in [2.05, 4.69) is 4.74 Å². The zero-order valence-corrected chi connectivity index (χ0v) is 12.7. The van der Waals surface area contributed by atoms with Crippen molar-refractivity contribution in [1.82, 2.24) is 4.90 Å². The summed E-state index contributed by atoms with van der Waals surface area (Å²) in [6, 6.07) is 3.17. The monoisotopic (exact) mass is 321 g/mol. The van der Waals surface area contributed by atoms with E-state index in [1.54, 1.807) is 20.8 Å². The number of alkyl halides is 3. The molecule has 0 aliphatic heterocycles. The van der Waals surface area contributed by atoms with E-state index in [-0.39, 0.29) is 12.1 Å². The van der Waals surface area contributed by atoms with Gasteiger partial charge in [-0.1, -0.05) is 0 Å². The van der Waals surface area contributed by atoms with Gasteiger partial charge in [-0.25, -0.2) is 4.79 Å². The lowest BCUT2D eigenvalue weighted by atomic mass is 10.2. The first-order valence-electron chi connectivity index (χ1n) is 6.38. The van der Waals surface area contributed by atoms with Crippen LogP contribution in [0, 0.1) is 0 Å². The van der Waals surface area contributed by atoms with Crippen molar-refractivity contribution >= 4 is 6.09 Å². The summed E-state index contributed by atoms with van der Waals surface area (Å²) in [4.78, 5) is 13.0. The molecule has 0 aliphatic rings. The highest BCUT2D eigenvalue weighted by molar-refractivity contribution is 5.67. The largest absolute Gasteiger partial charge is 0.573 e. The number of nitrogens with zero attached hydrogens (tertiary/aromatic N) is 1. The first-order valence-corrected chi connectivity index (χ1v) is 6.38. The molecule has 0 atom stereocenters. The quantitative estimate of drug-likeness (QED) is 0.923. The van der Waals surface area contributed by atoms with Crippen molar-refractivity contribution in [3.8, 4) is 11.5 Å². The van der Waals surface area contributed by atoms with Crippen LogP contribution in [0.2, 0.25) is 0 Å². The Morgan fingerprint density at radius 3 is 2.32 bits per heavy atom. The molecule has 124 valence electrons. The van der Waals surface area contributed by atoms with Gasteiger partial charge in [-0.3, -0.25) is 0 Å². The molecule has 0 unspecified atom stereocenters. The number of aromatic hydroxyl groups is 1. The molecule has 0 saturated heterocycles. The Labute approximate surface area is 126 Å². The van der Waals surface area contributed by atoms with Crippen molar-refractivity contribution in [3.63, 3.8) is 0 Å². The number of phenolic OH excluding ortho intramolecular Hbond substituents is 1. The van der Waals surface area contributed by atoms with Gasteiger partial charge in [0.2, 0.25) is 0 Å². The number of carbonyl (C=O) groups excluding carboxylic acids is 1. The maximum atomic E-state index is 12.2. The van der Waals surface area contributed by atoms with Crippen LogP contribution in [-0.2, 0) is 11.3 Å². The predicted molar refractivity (Wildman–Crippen MR) is 72.5 cm³/mol. The molecule has 1 N–H and O–H groups in total. The summed E-state index contributed by atoms with van der Waals surface area (Å²) in [6.45, 7) is 5.05. The third kappa shape index (κ3) is 6.55. The van der Waals surface area contributed by atoms with E-state index < -0.39 is 29.6 Å². The maximum absolute atomic E-state index is 12.2. The third-order valence-electron chi connectivity index (χ3n) is 2.31. The van der Waals surface area contributed by atoms with Gasteiger partial charge >= 0.3 is 12.5 Å². The van der Waals surface area contributed by atoms with Gasteiger partial charge in [0.05, 0.1) is 0 Å². The number of hydrogen-bond acceptors (Lipinski definition) is 4. The average molecular weight is 321 g/mol. The summed E-state index contributed by atoms with van der Waals surface area (Å²) in [6.07, 6.45) is -5.49. The highest BCUT2D eigenvalue weighted by Crippen LogP contribution is 2.28. The van der Waals surface area contributed by atoms with Gasteiger partial charge in [0.25, 0.3) is 0 Å². The molecule has 1 aromatic carbocycles. The third-order valence-corrected chi connectivity index (χ3v) is 2.31. The van der Waals surface area contributed by atoms with Gasteiger partial charge in [-0.05, 0) is 38.5 Å². The lowest BCUT2D eigenvalue weighted by molar-refractivity contribution is -0.274. The smallest absolute Gasteiger partial charge is 0.508 e. The van der Waals surface area contributed by atoms with Crippen LogP contribution in [0.15, 0.2) is 18.2 Å². The molecule has 1 aromatic rings. The van der Waals surface area contributed by atoms with Gasteiger partial charge in [-0.2, -0.15) is 0 Å². The Bertz CT molecular complexity index is 538. The van der Waals surface area contributed by atoms with E-state index >= 15 is 0 Å². The number of rotatable bonds is 3. The number of amides is 1. The van der Waals surface area contributed by atoms with Crippen LogP contribution in [0.5, 0.6) is 11.5 Å². The molecule has 0 saturated carbocycles. The van der Waals surface area contributed by atoms with Gasteiger partial charge in [0.15, 0.2) is 0 Å². The van der Waals surface area contributed by atoms with Crippen molar-refractivity contribution in [1.29, 1.82) is 0 Å². The molecule has 0 fully saturated rings. The van der Waals surface area contributed by atoms with Crippen molar-refractivity contribution in [2.45, 2.75) is 39.3 Å². The first-order chi connectivity index (χ1) is 9.85. The number of phenols is 1. The number of halogens is 3. The Kier molecular flexibility index (Phi) is 5.16. The van der Waals surface area contributed by atoms with Crippen molar-refractivity contribution in [2.75, 3.05) is 7.05 Å². The highest BCUT2D eigenvalue weighted by atomic mass is 19.4. The standard InChI is InChI=1S/C14H18F3NO4/c1-13(2,3)22-12(20)18(4)8-9-5-10(19)7-11(6-9)21-14(15,16)17/h5-7,19H,8H2,1-4H3. The molecule has 0 aromatic heterocycles. The second kappa shape index (κ2) is 6.33. The topological polar surface area (TPSA) is 59.0 Å². The molecule has 0 radical (unpaired) electrons. The zero-order chi connectivity index (χ0) is 17.1. The Hall–Kier alpha value is -2.12. The molecule has 8 heteroatoms. The van der Waals surface area contributed by atoms with E-state index in [1.165, 1.54) is 18.0 Å². The minimum absolute atomic E-state index is 0.0441. The van der Waals surface area contributed by atoms with E-state index in [9.17, 15) is 23.1 Å². The minimum Gasteiger partial charge on any atom is -0.508 e. The summed E-state index contributed by atoms with van der Waals surface area (Å²) in [5.74, 6) is -0.950. The predicted octanol–water partition coefficient (Wildman–Crippen LogP) is 3.66. The van der Waals surface area contributed by atoms with Gasteiger partial charge < -0.3 is 19.5 Å². The van der Waals surface area contributed by atoms with E-state index in [0.29, 0.717) is 0 Å². The number of benzene rings is 1. The first kappa shape index (κ1) is 17.9. The maximum Gasteiger partial charge on any atom is 0.573 e. The van der Waals surface area contributed by atoms with Crippen LogP contribution in [0.3, 0.4) is 0 Å². The van der Waals surface area contributed by atoms with Crippen LogP contribution in [-0.4, -0.2) is 35.1 Å². The summed E-state index contributed by atoms with van der Waals surface area (Å²) in [5, 5.41) is 9.45. The Balaban J connectivity index is 2.83. The molecular weight excluding hydrogens is 303 g/mol. The SMILES string of the molecule is CN(Cc1cc(O)cc(OC(F)(F)F)c1)C(=O)OC(C)(C)C. The Morgan fingerprint density at radius 2 is 1.82 bits per heavy atom. The van der Waals surface area contributed by atoms with Gasteiger partial charge in [0, 0.05) is 19.7 Å². The second-order valence-corrected chi connectivity index (χ2v) is 5.72. The number of carbonyl (C=O) groups is 1. The van der Waals surface area contributed by atoms with Crippen LogP contribution in [0.25, 0.3) is 0 Å². The fourth-order valence-corrected chi connectivity index (χ4v) is 1.61. The number of hydrogen-bond donors (Lipinski definition) is 1. The molecule has 5 nitrogen and oxygen atoms in total. The Morgan fingerprint density at radius 1 is 1.23 bits per heavy atom. The molecule has 0 spiro atoms. The lowest BCUT2D eigenvalue weighted by Gasteiger charge is -2.24. The van der Waals surface area contributed by atoms with Crippen molar-refractivity contribution < 1.29 is 32.5 Å². The summed E-state index contributed by atoms with van der Waals surface area (Å²) < 4.78 is 45.5. The molecule has 0 aliphatic carbocycles. The molecule has 1 amide bonds. The molecule has 1 rings (SSSR count). The summed E-state index contributed by atoms with van der Waals surface area (Å²) in [5.41, 5.74) is -0.415. The summed E-state index contributed by atoms with van der Waals surface area (Å²) in [7, 11) is 1.43. The molecular formula is C14H18F3NO4.